The Hall–Kier alpha value is -0.650. The highest BCUT2D eigenvalue weighted by atomic mass is 35.5. The Balaban J connectivity index is 1.49. The van der Waals surface area contributed by atoms with E-state index in [1.54, 1.807) is 7.05 Å². The number of nitrogens with zero attached hydrogens (tertiary/aromatic N) is 4. The van der Waals surface area contributed by atoms with Gasteiger partial charge in [0.15, 0.2) is 0 Å². The summed E-state index contributed by atoms with van der Waals surface area (Å²) >= 11 is 12.1. The molecule has 1 aromatic rings. The number of hydrogen-bond donors (Lipinski definition) is 0. The molecule has 1 aromatic carbocycles. The summed E-state index contributed by atoms with van der Waals surface area (Å²) in [7, 11) is 1.77. The Kier molecular flexibility index (Phi) is 7.97. The average Bonchev–Trinajstić information content (AvgIpc) is 2.70. The first-order valence-corrected chi connectivity index (χ1v) is 10.9. The molecule has 27 heavy (non-hydrogen) atoms. The van der Waals surface area contributed by atoms with Crippen molar-refractivity contribution in [1.29, 1.82) is 0 Å². The van der Waals surface area contributed by atoms with Gasteiger partial charge in [-0.25, -0.2) is 0 Å². The smallest absolute Gasteiger partial charge is 0.114 e. The fraction of sp³-hybridized carbons (Fsp3) is 0.667. The molecule has 3 rings (SSSR count). The van der Waals surface area contributed by atoms with Gasteiger partial charge in [-0.2, -0.15) is 0 Å². The molecule has 1 atom stereocenters. The van der Waals surface area contributed by atoms with Crippen LogP contribution in [0.5, 0.6) is 0 Å². The zero-order chi connectivity index (χ0) is 19.2. The van der Waals surface area contributed by atoms with Gasteiger partial charge < -0.3 is 0 Å². The highest BCUT2D eigenvalue weighted by molar-refractivity contribution is 6.65. The topological polar surface area (TPSA) is 22.1 Å². The number of likely N-dealkylation sites (tertiary alicyclic amines) is 1. The molecule has 0 aromatic heterocycles. The number of piperidine rings is 1. The molecule has 0 amide bonds. The van der Waals surface area contributed by atoms with Gasteiger partial charge in [-0.1, -0.05) is 42.3 Å². The maximum atomic E-state index is 6.15. The van der Waals surface area contributed by atoms with E-state index in [9.17, 15) is 0 Å². The highest BCUT2D eigenvalue weighted by Gasteiger charge is 2.33. The molecule has 150 valence electrons. The monoisotopic (exact) mass is 410 g/mol. The predicted octanol–water partition coefficient (Wildman–Crippen LogP) is 3.97. The van der Waals surface area contributed by atoms with E-state index < -0.39 is 0 Å². The third-order valence-corrected chi connectivity index (χ3v) is 6.57. The molecule has 2 aliphatic rings. The fourth-order valence-electron chi connectivity index (χ4n) is 4.43. The van der Waals surface area contributed by atoms with Crippen molar-refractivity contribution in [2.75, 3.05) is 46.3 Å². The lowest BCUT2D eigenvalue weighted by Gasteiger charge is -2.47. The summed E-state index contributed by atoms with van der Waals surface area (Å²) in [5.41, 5.74) is 1.35. The fourth-order valence-corrected chi connectivity index (χ4v) is 4.73. The summed E-state index contributed by atoms with van der Waals surface area (Å²) in [5.74, 6) is 0. The quantitative estimate of drug-likeness (QED) is 0.662. The van der Waals surface area contributed by atoms with E-state index in [0.717, 1.165) is 37.7 Å². The number of rotatable bonds is 6. The first-order valence-electron chi connectivity index (χ1n) is 10.1. The molecule has 0 aliphatic carbocycles. The first kappa shape index (κ1) is 21.1. The molecule has 0 spiro atoms. The van der Waals surface area contributed by atoms with Crippen LogP contribution in [0.3, 0.4) is 0 Å². The summed E-state index contributed by atoms with van der Waals surface area (Å²) in [6, 6.07) is 9.62. The van der Waals surface area contributed by atoms with Crippen LogP contribution in [-0.4, -0.2) is 78.3 Å². The Morgan fingerprint density at radius 1 is 1.07 bits per heavy atom. The van der Waals surface area contributed by atoms with Gasteiger partial charge >= 0.3 is 0 Å². The summed E-state index contributed by atoms with van der Waals surface area (Å²) in [6.07, 6.45) is 3.73. The summed E-state index contributed by atoms with van der Waals surface area (Å²) in [4.78, 5) is 11.9. The van der Waals surface area contributed by atoms with Crippen molar-refractivity contribution in [3.05, 3.63) is 34.9 Å². The molecule has 0 N–H and O–H groups in total. The van der Waals surface area contributed by atoms with E-state index in [1.165, 1.54) is 37.9 Å². The van der Waals surface area contributed by atoms with Crippen molar-refractivity contribution in [3.63, 3.8) is 0 Å². The molecule has 0 bridgehead atoms. The molecule has 1 unspecified atom stereocenters. The Morgan fingerprint density at radius 2 is 1.78 bits per heavy atom. The third kappa shape index (κ3) is 5.91. The minimum atomic E-state index is 0.632. The highest BCUT2D eigenvalue weighted by Crippen LogP contribution is 2.24. The van der Waals surface area contributed by atoms with Gasteiger partial charge in [0.05, 0.1) is 6.54 Å². The van der Waals surface area contributed by atoms with Crippen molar-refractivity contribution in [3.8, 4) is 0 Å². The maximum absolute atomic E-state index is 6.15. The number of benzene rings is 1. The van der Waals surface area contributed by atoms with E-state index in [4.69, 9.17) is 23.2 Å². The second-order valence-corrected chi connectivity index (χ2v) is 8.64. The lowest BCUT2D eigenvalue weighted by atomic mass is 9.98. The molecular weight excluding hydrogens is 379 g/mol. The predicted molar refractivity (Wildman–Crippen MR) is 116 cm³/mol. The summed E-state index contributed by atoms with van der Waals surface area (Å²) in [6.45, 7) is 9.84. The van der Waals surface area contributed by atoms with Crippen molar-refractivity contribution in [2.24, 2.45) is 4.99 Å². The summed E-state index contributed by atoms with van der Waals surface area (Å²) < 4.78 is 0. The van der Waals surface area contributed by atoms with Crippen LogP contribution in [0.25, 0.3) is 0 Å². The normalized spacial score (nSPS) is 24.4. The van der Waals surface area contributed by atoms with Gasteiger partial charge in [0.2, 0.25) is 0 Å². The van der Waals surface area contributed by atoms with Crippen LogP contribution in [0.15, 0.2) is 29.3 Å². The molecule has 2 saturated heterocycles. The van der Waals surface area contributed by atoms with Crippen molar-refractivity contribution < 1.29 is 0 Å². The SMILES string of the molecule is CCC1CN(CC(Cl)=NC)CCN1C1CCN(Cc2ccc(Cl)cc2)CC1. The van der Waals surface area contributed by atoms with Gasteiger partial charge in [-0.3, -0.25) is 19.7 Å². The van der Waals surface area contributed by atoms with E-state index in [1.807, 2.05) is 12.1 Å². The molecular formula is C21H32Cl2N4. The largest absolute Gasteiger partial charge is 0.299 e. The molecule has 6 heteroatoms. The van der Waals surface area contributed by atoms with E-state index in [0.29, 0.717) is 17.3 Å². The average molecular weight is 411 g/mol. The van der Waals surface area contributed by atoms with Gasteiger partial charge in [-0.05, 0) is 50.0 Å². The van der Waals surface area contributed by atoms with E-state index >= 15 is 0 Å². The molecule has 4 nitrogen and oxygen atoms in total. The second-order valence-electron chi connectivity index (χ2n) is 7.77. The molecule has 2 aliphatic heterocycles. The molecule has 2 heterocycles. The second kappa shape index (κ2) is 10.2. The van der Waals surface area contributed by atoms with E-state index in [-0.39, 0.29) is 0 Å². The van der Waals surface area contributed by atoms with Crippen LogP contribution < -0.4 is 0 Å². The van der Waals surface area contributed by atoms with Crippen LogP contribution in [0, 0.1) is 0 Å². The molecule has 0 radical (unpaired) electrons. The van der Waals surface area contributed by atoms with Crippen molar-refractivity contribution in [2.45, 2.75) is 44.8 Å². The van der Waals surface area contributed by atoms with Crippen LogP contribution in [0.4, 0.5) is 0 Å². The Bertz CT molecular complexity index is 611. The van der Waals surface area contributed by atoms with Crippen molar-refractivity contribution >= 4 is 28.4 Å². The first-order chi connectivity index (χ1) is 13.1. The number of piperazine rings is 1. The summed E-state index contributed by atoms with van der Waals surface area (Å²) in [5, 5.41) is 1.53. The van der Waals surface area contributed by atoms with Crippen LogP contribution >= 0.6 is 23.2 Å². The van der Waals surface area contributed by atoms with Crippen LogP contribution in [0.1, 0.15) is 31.7 Å². The minimum Gasteiger partial charge on any atom is -0.299 e. The minimum absolute atomic E-state index is 0.632. The lowest BCUT2D eigenvalue weighted by Crippen LogP contribution is -2.58. The zero-order valence-electron chi connectivity index (χ0n) is 16.6. The van der Waals surface area contributed by atoms with Crippen LogP contribution in [-0.2, 0) is 6.54 Å². The number of halogens is 2. The van der Waals surface area contributed by atoms with E-state index in [2.05, 4.69) is 38.7 Å². The molecule has 2 fully saturated rings. The third-order valence-electron chi connectivity index (χ3n) is 6.03. The van der Waals surface area contributed by atoms with Crippen LogP contribution in [0.2, 0.25) is 5.02 Å². The van der Waals surface area contributed by atoms with Gasteiger partial charge in [0, 0.05) is 50.3 Å². The maximum Gasteiger partial charge on any atom is 0.114 e. The Morgan fingerprint density at radius 3 is 2.41 bits per heavy atom. The standard InChI is InChI=1S/C21H32Cl2N4/c1-3-19-15-26(16-21(23)24-2)12-13-27(19)20-8-10-25(11-9-20)14-17-4-6-18(22)7-5-17/h4-7,19-20H,3,8-16H2,1-2H3. The van der Waals surface area contributed by atoms with Gasteiger partial charge in [-0.15, -0.1) is 0 Å². The van der Waals surface area contributed by atoms with Crippen molar-refractivity contribution in [1.82, 2.24) is 14.7 Å². The van der Waals surface area contributed by atoms with Gasteiger partial charge in [0.1, 0.15) is 5.17 Å². The zero-order valence-corrected chi connectivity index (χ0v) is 18.1. The molecule has 0 saturated carbocycles. The lowest BCUT2D eigenvalue weighted by molar-refractivity contribution is 0.0174. The Labute approximate surface area is 174 Å². The van der Waals surface area contributed by atoms with Gasteiger partial charge in [0.25, 0.3) is 0 Å². The number of hydrogen-bond acceptors (Lipinski definition) is 4. The number of aliphatic imine (C=N–C) groups is 1.